The van der Waals surface area contributed by atoms with Crippen LogP contribution in [0.2, 0.25) is 0 Å². The molecule has 2 aromatic rings. The van der Waals surface area contributed by atoms with E-state index in [1.165, 1.54) is 5.56 Å². The largest absolute Gasteiger partial charge is 0.377 e. The zero-order chi connectivity index (χ0) is 21.5. The van der Waals surface area contributed by atoms with Gasteiger partial charge in [-0.3, -0.25) is 4.79 Å². The maximum absolute atomic E-state index is 12.7. The molecule has 7 nitrogen and oxygen atoms in total. The van der Waals surface area contributed by atoms with E-state index in [9.17, 15) is 4.79 Å². The highest BCUT2D eigenvalue weighted by atomic mass is 16.5. The number of aryl methyl sites for hydroxylation is 1. The molecule has 168 valence electrons. The number of methoxy groups -OCH3 is 1. The first-order valence-electron chi connectivity index (χ1n) is 11.4. The van der Waals surface area contributed by atoms with Crippen molar-refractivity contribution in [3.63, 3.8) is 0 Å². The van der Waals surface area contributed by atoms with Crippen LogP contribution in [-0.2, 0) is 33.7 Å². The number of hydrogen-bond donors (Lipinski definition) is 0. The molecular weight excluding hydrogens is 394 g/mol. The maximum Gasteiger partial charge on any atom is 0.227 e. The lowest BCUT2D eigenvalue weighted by atomic mass is 9.78. The van der Waals surface area contributed by atoms with Gasteiger partial charge in [0.2, 0.25) is 11.8 Å². The minimum atomic E-state index is -0.112. The minimum Gasteiger partial charge on any atom is -0.377 e. The van der Waals surface area contributed by atoms with Crippen LogP contribution in [0.4, 0.5) is 0 Å². The smallest absolute Gasteiger partial charge is 0.227 e. The van der Waals surface area contributed by atoms with E-state index in [4.69, 9.17) is 14.0 Å². The third-order valence-corrected chi connectivity index (χ3v) is 6.57. The van der Waals surface area contributed by atoms with E-state index in [1.54, 1.807) is 7.11 Å². The van der Waals surface area contributed by atoms with Gasteiger partial charge in [-0.25, -0.2) is 0 Å². The average Bonchev–Trinajstić information content (AvgIpc) is 3.22. The second-order valence-electron chi connectivity index (χ2n) is 8.85. The van der Waals surface area contributed by atoms with Crippen molar-refractivity contribution in [2.24, 2.45) is 5.92 Å². The Kier molecular flexibility index (Phi) is 7.35. The highest BCUT2D eigenvalue weighted by Crippen LogP contribution is 2.38. The Morgan fingerprint density at radius 1 is 1.26 bits per heavy atom. The summed E-state index contributed by atoms with van der Waals surface area (Å²) in [5.74, 6) is 2.02. The highest BCUT2D eigenvalue weighted by Gasteiger charge is 2.41. The molecule has 3 heterocycles. The summed E-state index contributed by atoms with van der Waals surface area (Å²) < 4.78 is 16.7. The van der Waals surface area contributed by atoms with Gasteiger partial charge in [0.15, 0.2) is 5.82 Å². The van der Waals surface area contributed by atoms with Gasteiger partial charge < -0.3 is 18.9 Å². The van der Waals surface area contributed by atoms with Crippen LogP contribution >= 0.6 is 0 Å². The summed E-state index contributed by atoms with van der Waals surface area (Å²) in [7, 11) is 1.62. The molecule has 0 saturated carbocycles. The van der Waals surface area contributed by atoms with Crippen molar-refractivity contribution in [2.75, 3.05) is 26.8 Å². The van der Waals surface area contributed by atoms with Gasteiger partial charge in [0, 0.05) is 39.6 Å². The molecule has 1 amide bonds. The molecule has 2 aliphatic heterocycles. The number of carbonyl (C=O) groups excluding carboxylic acids is 1. The zero-order valence-corrected chi connectivity index (χ0v) is 18.4. The molecule has 1 aromatic carbocycles. The SMILES string of the molecule is COCc1noc(CC2CCOC3(CCN(C(=O)CCCc4ccccc4)CC3)C2)n1. The van der Waals surface area contributed by atoms with E-state index in [-0.39, 0.29) is 11.5 Å². The zero-order valence-electron chi connectivity index (χ0n) is 18.4. The summed E-state index contributed by atoms with van der Waals surface area (Å²) in [5, 5.41) is 3.96. The molecule has 1 unspecified atom stereocenters. The lowest BCUT2D eigenvalue weighted by molar-refractivity contribution is -0.147. The average molecular weight is 428 g/mol. The summed E-state index contributed by atoms with van der Waals surface area (Å²) in [6.45, 7) is 2.70. The number of piperidine rings is 1. The fourth-order valence-corrected chi connectivity index (χ4v) is 4.87. The summed E-state index contributed by atoms with van der Waals surface area (Å²) >= 11 is 0. The summed E-state index contributed by atoms with van der Waals surface area (Å²) in [6.07, 6.45) is 7.07. The molecule has 0 N–H and O–H groups in total. The Hall–Kier alpha value is -2.25. The standard InChI is InChI=1S/C24H33N3O4/c1-29-18-21-25-22(31-26-21)16-20-10-15-30-24(17-20)11-13-27(14-12-24)23(28)9-5-8-19-6-3-2-4-7-19/h2-4,6-7,20H,5,8-18H2,1H3. The van der Waals surface area contributed by atoms with Crippen LogP contribution in [-0.4, -0.2) is 53.4 Å². The van der Waals surface area contributed by atoms with Gasteiger partial charge in [0.25, 0.3) is 0 Å². The fourth-order valence-electron chi connectivity index (χ4n) is 4.87. The van der Waals surface area contributed by atoms with Gasteiger partial charge in [-0.2, -0.15) is 4.98 Å². The van der Waals surface area contributed by atoms with Gasteiger partial charge in [-0.15, -0.1) is 0 Å². The summed E-state index contributed by atoms with van der Waals surface area (Å²) in [4.78, 5) is 19.1. The summed E-state index contributed by atoms with van der Waals surface area (Å²) in [6, 6.07) is 10.4. The van der Waals surface area contributed by atoms with Crippen molar-refractivity contribution in [1.29, 1.82) is 0 Å². The number of amides is 1. The van der Waals surface area contributed by atoms with E-state index in [0.29, 0.717) is 30.7 Å². The molecule has 2 fully saturated rings. The lowest BCUT2D eigenvalue weighted by Gasteiger charge is -2.46. The van der Waals surface area contributed by atoms with Gasteiger partial charge in [0.05, 0.1) is 5.60 Å². The number of ether oxygens (including phenoxy) is 2. The molecule has 0 bridgehead atoms. The van der Waals surface area contributed by atoms with Crippen LogP contribution in [0.5, 0.6) is 0 Å². The molecule has 2 aliphatic rings. The third kappa shape index (κ3) is 5.92. The number of carbonyl (C=O) groups is 1. The van der Waals surface area contributed by atoms with Crippen LogP contribution in [0.3, 0.4) is 0 Å². The number of aromatic nitrogens is 2. The van der Waals surface area contributed by atoms with E-state index in [1.807, 2.05) is 11.0 Å². The fraction of sp³-hybridized carbons (Fsp3) is 0.625. The van der Waals surface area contributed by atoms with Gasteiger partial charge in [0.1, 0.15) is 6.61 Å². The van der Waals surface area contributed by atoms with Crippen molar-refractivity contribution in [1.82, 2.24) is 15.0 Å². The summed E-state index contributed by atoms with van der Waals surface area (Å²) in [5.41, 5.74) is 1.18. The van der Waals surface area contributed by atoms with Crippen molar-refractivity contribution >= 4 is 5.91 Å². The molecule has 2 saturated heterocycles. The van der Waals surface area contributed by atoms with Gasteiger partial charge in [-0.1, -0.05) is 35.5 Å². The van der Waals surface area contributed by atoms with Gasteiger partial charge in [-0.05, 0) is 50.0 Å². The molecule has 4 rings (SSSR count). The predicted octanol–water partition coefficient (Wildman–Crippen LogP) is 3.57. The monoisotopic (exact) mass is 427 g/mol. The Labute approximate surface area is 184 Å². The van der Waals surface area contributed by atoms with Crippen molar-refractivity contribution in [3.8, 4) is 0 Å². The molecule has 7 heteroatoms. The Morgan fingerprint density at radius 2 is 2.06 bits per heavy atom. The molecule has 31 heavy (non-hydrogen) atoms. The van der Waals surface area contributed by atoms with Gasteiger partial charge >= 0.3 is 0 Å². The van der Waals surface area contributed by atoms with Crippen LogP contribution < -0.4 is 0 Å². The van der Waals surface area contributed by atoms with E-state index in [2.05, 4.69) is 34.4 Å². The maximum atomic E-state index is 12.7. The molecule has 1 atom stereocenters. The Bertz CT molecular complexity index is 830. The van der Waals surface area contributed by atoms with Crippen LogP contribution in [0.25, 0.3) is 0 Å². The lowest BCUT2D eigenvalue weighted by Crippen LogP contribution is -2.51. The first-order valence-corrected chi connectivity index (χ1v) is 11.4. The quantitative estimate of drug-likeness (QED) is 0.641. The molecule has 0 aliphatic carbocycles. The molecule has 0 radical (unpaired) electrons. The van der Waals surface area contributed by atoms with E-state index >= 15 is 0 Å². The van der Waals surface area contributed by atoms with Crippen LogP contribution in [0.1, 0.15) is 55.8 Å². The number of rotatable bonds is 8. The normalized spacial score (nSPS) is 20.8. The topological polar surface area (TPSA) is 77.7 Å². The van der Waals surface area contributed by atoms with Crippen molar-refractivity contribution in [2.45, 2.75) is 63.6 Å². The number of likely N-dealkylation sites (tertiary alicyclic amines) is 1. The number of nitrogens with zero attached hydrogens (tertiary/aromatic N) is 3. The molecular formula is C24H33N3O4. The van der Waals surface area contributed by atoms with Crippen LogP contribution in [0, 0.1) is 5.92 Å². The minimum absolute atomic E-state index is 0.112. The Balaban J connectivity index is 1.22. The Morgan fingerprint density at radius 3 is 2.84 bits per heavy atom. The molecule has 1 spiro atoms. The van der Waals surface area contributed by atoms with Crippen molar-refractivity contribution in [3.05, 3.63) is 47.6 Å². The number of hydrogen-bond acceptors (Lipinski definition) is 6. The van der Waals surface area contributed by atoms with E-state index < -0.39 is 0 Å². The second-order valence-corrected chi connectivity index (χ2v) is 8.85. The first kappa shape index (κ1) is 22.0. The number of benzene rings is 1. The second kappa shape index (κ2) is 10.4. The highest BCUT2D eigenvalue weighted by molar-refractivity contribution is 5.76. The third-order valence-electron chi connectivity index (χ3n) is 6.57. The molecule has 1 aromatic heterocycles. The van der Waals surface area contributed by atoms with Crippen molar-refractivity contribution < 1.29 is 18.8 Å². The predicted molar refractivity (Wildman–Crippen MR) is 115 cm³/mol. The van der Waals surface area contributed by atoms with Crippen LogP contribution in [0.15, 0.2) is 34.9 Å². The van der Waals surface area contributed by atoms with E-state index in [0.717, 1.165) is 64.6 Å². The first-order chi connectivity index (χ1) is 15.2.